The Morgan fingerprint density at radius 2 is 1.28 bits per heavy atom. The van der Waals surface area contributed by atoms with E-state index in [2.05, 4.69) is 21.3 Å². The number of carbonyl (C=O) groups excluding carboxylic acids is 4. The van der Waals surface area contributed by atoms with E-state index in [0.717, 1.165) is 24.5 Å². The van der Waals surface area contributed by atoms with Crippen LogP contribution in [0.1, 0.15) is 93.2 Å². The summed E-state index contributed by atoms with van der Waals surface area (Å²) in [6.45, 7) is 19.7. The van der Waals surface area contributed by atoms with Crippen LogP contribution in [0.25, 0.3) is 0 Å². The van der Waals surface area contributed by atoms with Crippen LogP contribution in [0.3, 0.4) is 0 Å². The summed E-state index contributed by atoms with van der Waals surface area (Å²) in [5.41, 5.74) is 2.39. The van der Waals surface area contributed by atoms with Crippen molar-refractivity contribution >= 4 is 23.6 Å². The first-order chi connectivity index (χ1) is 22.1. The van der Waals surface area contributed by atoms with Gasteiger partial charge in [0.05, 0.1) is 6.04 Å². The Morgan fingerprint density at radius 1 is 0.723 bits per heavy atom. The number of rotatable bonds is 16. The lowest BCUT2D eigenvalue weighted by Gasteiger charge is -2.24. The van der Waals surface area contributed by atoms with Gasteiger partial charge in [0.15, 0.2) is 0 Å². The standard InChI is InChI=1S/C29H49N5O4.C7H6F2/c1-9-13-34(14-10-2)29(38)24-16-21(7)15-23(17-24)27(36)31-12-11-30-22(8)26(35)33-25(20(5)6)28(37)32-18-19(3)4;1-5-2-6(8)4-7(9)3-5/h15-17,19-20,22,25,30H,9-14,18H2,1-8H3,(H,31,36)(H,32,37)(H,33,35);2-4H,1H3. The number of halogens is 2. The lowest BCUT2D eigenvalue weighted by Crippen LogP contribution is -2.54. The summed E-state index contributed by atoms with van der Waals surface area (Å²) < 4.78 is 24.4. The maximum atomic E-state index is 13.0. The first-order valence-corrected chi connectivity index (χ1v) is 16.5. The van der Waals surface area contributed by atoms with E-state index in [1.165, 1.54) is 12.1 Å². The molecule has 4 amide bonds. The topological polar surface area (TPSA) is 120 Å². The average molecular weight is 660 g/mol. The highest BCUT2D eigenvalue weighted by Gasteiger charge is 2.26. The number of nitrogens with zero attached hydrogens (tertiary/aromatic N) is 1. The van der Waals surface area contributed by atoms with Gasteiger partial charge in [-0.2, -0.15) is 0 Å². The SMILES string of the molecule is CCCN(CCC)C(=O)c1cc(C)cc(C(=O)NCCNC(C)C(=O)NC(C(=O)NCC(C)C)C(C)C)c1.Cc1cc(F)cc(F)c1. The molecule has 2 aromatic carbocycles. The van der Waals surface area contributed by atoms with E-state index >= 15 is 0 Å². The highest BCUT2D eigenvalue weighted by Crippen LogP contribution is 2.14. The van der Waals surface area contributed by atoms with Crippen molar-refractivity contribution in [2.24, 2.45) is 11.8 Å². The summed E-state index contributed by atoms with van der Waals surface area (Å²) in [6.07, 6.45) is 1.75. The number of benzene rings is 2. The summed E-state index contributed by atoms with van der Waals surface area (Å²) in [5.74, 6) is -1.58. The van der Waals surface area contributed by atoms with Gasteiger partial charge in [-0.1, -0.05) is 41.5 Å². The average Bonchev–Trinajstić information content (AvgIpc) is 2.99. The molecule has 0 heterocycles. The summed E-state index contributed by atoms with van der Waals surface area (Å²) in [5, 5.41) is 11.6. The second-order valence-corrected chi connectivity index (χ2v) is 12.6. The van der Waals surface area contributed by atoms with Gasteiger partial charge in [0.25, 0.3) is 11.8 Å². The molecule has 0 fully saturated rings. The highest BCUT2D eigenvalue weighted by molar-refractivity contribution is 6.00. The Bertz CT molecular complexity index is 1260. The van der Waals surface area contributed by atoms with E-state index < -0.39 is 23.7 Å². The van der Waals surface area contributed by atoms with Crippen molar-refractivity contribution in [1.29, 1.82) is 0 Å². The molecule has 0 spiro atoms. The third-order valence-electron chi connectivity index (χ3n) is 7.05. The maximum absolute atomic E-state index is 13.0. The van der Waals surface area contributed by atoms with Gasteiger partial charge < -0.3 is 26.2 Å². The Morgan fingerprint density at radius 3 is 1.79 bits per heavy atom. The predicted octanol–water partition coefficient (Wildman–Crippen LogP) is 5.15. The number of carbonyl (C=O) groups is 4. The monoisotopic (exact) mass is 659 g/mol. The van der Waals surface area contributed by atoms with Crippen molar-refractivity contribution < 1.29 is 28.0 Å². The number of amides is 4. The number of hydrogen-bond donors (Lipinski definition) is 4. The molecular weight excluding hydrogens is 604 g/mol. The Hall–Kier alpha value is -3.86. The zero-order valence-corrected chi connectivity index (χ0v) is 29.6. The van der Waals surface area contributed by atoms with Crippen molar-refractivity contribution in [2.45, 2.75) is 87.2 Å². The summed E-state index contributed by atoms with van der Waals surface area (Å²) >= 11 is 0. The fourth-order valence-electron chi connectivity index (χ4n) is 4.65. The minimum Gasteiger partial charge on any atom is -0.354 e. The van der Waals surface area contributed by atoms with Crippen LogP contribution in [0.2, 0.25) is 0 Å². The second kappa shape index (κ2) is 21.1. The highest BCUT2D eigenvalue weighted by atomic mass is 19.1. The predicted molar refractivity (Wildman–Crippen MR) is 183 cm³/mol. The fraction of sp³-hybridized carbons (Fsp3) is 0.556. The lowest BCUT2D eigenvalue weighted by molar-refractivity contribution is -0.130. The van der Waals surface area contributed by atoms with Gasteiger partial charge in [-0.25, -0.2) is 8.78 Å². The van der Waals surface area contributed by atoms with Crippen LogP contribution in [0.4, 0.5) is 8.78 Å². The normalized spacial score (nSPS) is 12.1. The molecule has 11 heteroatoms. The molecule has 0 bridgehead atoms. The van der Waals surface area contributed by atoms with Crippen LogP contribution in [-0.2, 0) is 9.59 Å². The fourth-order valence-corrected chi connectivity index (χ4v) is 4.65. The second-order valence-electron chi connectivity index (χ2n) is 12.6. The molecule has 2 unspecified atom stereocenters. The molecule has 0 aliphatic carbocycles. The van der Waals surface area contributed by atoms with Crippen LogP contribution >= 0.6 is 0 Å². The number of nitrogens with one attached hydrogen (secondary N) is 4. The molecule has 0 saturated heterocycles. The van der Waals surface area contributed by atoms with E-state index in [0.29, 0.717) is 55.3 Å². The van der Waals surface area contributed by atoms with Gasteiger partial charge in [-0.15, -0.1) is 0 Å². The molecule has 0 aromatic heterocycles. The first-order valence-electron chi connectivity index (χ1n) is 16.5. The smallest absolute Gasteiger partial charge is 0.253 e. The zero-order valence-electron chi connectivity index (χ0n) is 29.6. The van der Waals surface area contributed by atoms with Crippen LogP contribution in [0.15, 0.2) is 36.4 Å². The largest absolute Gasteiger partial charge is 0.354 e. The molecule has 262 valence electrons. The quantitative estimate of drug-likeness (QED) is 0.186. The van der Waals surface area contributed by atoms with E-state index in [1.54, 1.807) is 26.0 Å². The minimum atomic E-state index is -0.617. The molecule has 0 saturated carbocycles. The van der Waals surface area contributed by atoms with Crippen LogP contribution in [0, 0.1) is 37.3 Å². The maximum Gasteiger partial charge on any atom is 0.253 e. The number of aryl methyl sites for hydroxylation is 2. The lowest BCUT2D eigenvalue weighted by atomic mass is 10.0. The molecule has 9 nitrogen and oxygen atoms in total. The molecule has 0 aliphatic rings. The van der Waals surface area contributed by atoms with Gasteiger partial charge in [-0.05, 0) is 86.9 Å². The molecular formula is C36H55F2N5O4. The van der Waals surface area contributed by atoms with Crippen molar-refractivity contribution in [3.05, 3.63) is 70.3 Å². The Balaban J connectivity index is 0.00000105. The van der Waals surface area contributed by atoms with Gasteiger partial charge in [0.2, 0.25) is 11.8 Å². The number of hydrogen-bond acceptors (Lipinski definition) is 5. The first kappa shape index (κ1) is 41.2. The molecule has 0 radical (unpaired) electrons. The third kappa shape index (κ3) is 15.5. The van der Waals surface area contributed by atoms with Gasteiger partial charge in [0.1, 0.15) is 17.7 Å². The van der Waals surface area contributed by atoms with Gasteiger partial charge >= 0.3 is 0 Å². The third-order valence-corrected chi connectivity index (χ3v) is 7.05. The van der Waals surface area contributed by atoms with Crippen molar-refractivity contribution in [2.75, 3.05) is 32.7 Å². The van der Waals surface area contributed by atoms with Crippen molar-refractivity contribution in [3.63, 3.8) is 0 Å². The van der Waals surface area contributed by atoms with E-state index in [1.807, 2.05) is 59.4 Å². The van der Waals surface area contributed by atoms with Crippen LogP contribution < -0.4 is 21.3 Å². The van der Waals surface area contributed by atoms with Crippen molar-refractivity contribution in [1.82, 2.24) is 26.2 Å². The van der Waals surface area contributed by atoms with Crippen LogP contribution in [0.5, 0.6) is 0 Å². The molecule has 47 heavy (non-hydrogen) atoms. The summed E-state index contributed by atoms with van der Waals surface area (Å²) in [6, 6.07) is 7.47. The molecule has 2 rings (SSSR count). The molecule has 2 aromatic rings. The molecule has 0 aliphatic heterocycles. The molecule has 2 atom stereocenters. The summed E-state index contributed by atoms with van der Waals surface area (Å²) in [4.78, 5) is 52.8. The Labute approximate surface area is 279 Å². The summed E-state index contributed by atoms with van der Waals surface area (Å²) in [7, 11) is 0. The van der Waals surface area contributed by atoms with Gasteiger partial charge in [-0.3, -0.25) is 19.2 Å². The zero-order chi connectivity index (χ0) is 35.7. The van der Waals surface area contributed by atoms with E-state index in [9.17, 15) is 28.0 Å². The van der Waals surface area contributed by atoms with Gasteiger partial charge in [0, 0.05) is 49.9 Å². The van der Waals surface area contributed by atoms with Crippen molar-refractivity contribution in [3.8, 4) is 0 Å². The van der Waals surface area contributed by atoms with E-state index in [4.69, 9.17) is 0 Å². The Kier molecular flexibility index (Phi) is 18.5. The van der Waals surface area contributed by atoms with E-state index in [-0.39, 0.29) is 29.5 Å². The molecule has 4 N–H and O–H groups in total. The minimum absolute atomic E-state index is 0.0558. The van der Waals surface area contributed by atoms with Crippen LogP contribution in [-0.4, -0.2) is 73.3 Å².